The molecule has 0 fully saturated rings. The van der Waals surface area contributed by atoms with Gasteiger partial charge in [-0.15, -0.1) is 0 Å². The minimum absolute atomic E-state index is 0.251. The van der Waals surface area contributed by atoms with Crippen molar-refractivity contribution >= 4 is 11.8 Å². The number of methoxy groups -OCH3 is 1. The van der Waals surface area contributed by atoms with Crippen molar-refractivity contribution in [1.29, 1.82) is 5.26 Å². The molecule has 0 spiro atoms. The van der Waals surface area contributed by atoms with Crippen molar-refractivity contribution in [3.05, 3.63) is 47.7 Å². The summed E-state index contributed by atoms with van der Waals surface area (Å²) in [5, 5.41) is 11.6. The van der Waals surface area contributed by atoms with Crippen LogP contribution in [-0.4, -0.2) is 28.0 Å². The quantitative estimate of drug-likeness (QED) is 0.830. The minimum atomic E-state index is -0.410. The fraction of sp³-hybridized carbons (Fsp3) is 0.154. The molecule has 2 aromatic rings. The molecule has 0 radical (unpaired) electrons. The van der Waals surface area contributed by atoms with Crippen molar-refractivity contribution in [2.24, 2.45) is 0 Å². The van der Waals surface area contributed by atoms with Crippen LogP contribution in [0.3, 0.4) is 0 Å². The van der Waals surface area contributed by atoms with E-state index < -0.39 is 5.97 Å². The van der Waals surface area contributed by atoms with Gasteiger partial charge in [0, 0.05) is 6.20 Å². The third-order valence-electron chi connectivity index (χ3n) is 2.45. The first-order chi connectivity index (χ1) is 9.72. The third-order valence-corrected chi connectivity index (χ3v) is 2.45. The van der Waals surface area contributed by atoms with Crippen LogP contribution in [0.4, 0.5) is 5.82 Å². The Morgan fingerprint density at radius 3 is 2.90 bits per heavy atom. The Balaban J connectivity index is 2.03. The van der Waals surface area contributed by atoms with E-state index >= 15 is 0 Å². The van der Waals surface area contributed by atoms with Crippen molar-refractivity contribution in [2.75, 3.05) is 12.4 Å². The first kappa shape index (κ1) is 13.4. The van der Waals surface area contributed by atoms with E-state index in [4.69, 9.17) is 5.26 Å². The van der Waals surface area contributed by atoms with Gasteiger partial charge in [-0.1, -0.05) is 0 Å². The Hall–Kier alpha value is -3.01. The lowest BCUT2D eigenvalue weighted by molar-refractivity contribution is 0.0600. The molecule has 2 heterocycles. The lowest BCUT2D eigenvalue weighted by Crippen LogP contribution is -2.07. The number of carbonyl (C=O) groups is 1. The number of hydrogen-bond acceptors (Lipinski definition) is 7. The molecule has 2 aromatic heterocycles. The van der Waals surface area contributed by atoms with Crippen LogP contribution >= 0.6 is 0 Å². The number of pyridine rings is 1. The van der Waals surface area contributed by atoms with Gasteiger partial charge in [0.05, 0.1) is 37.3 Å². The standard InChI is InChI=1S/C13H11N5O2/c1-20-13(19)9-2-3-15-10(4-9)6-17-12-8-16-11(5-14)7-18-12/h2-4,7-8H,6H2,1H3,(H,17,18). The fourth-order valence-corrected chi connectivity index (χ4v) is 1.48. The Morgan fingerprint density at radius 1 is 1.40 bits per heavy atom. The first-order valence-corrected chi connectivity index (χ1v) is 5.72. The second kappa shape index (κ2) is 6.24. The molecule has 0 bridgehead atoms. The van der Waals surface area contributed by atoms with E-state index in [-0.39, 0.29) is 5.69 Å². The van der Waals surface area contributed by atoms with E-state index in [2.05, 4.69) is 25.0 Å². The van der Waals surface area contributed by atoms with Crippen LogP contribution in [0.5, 0.6) is 0 Å². The molecule has 0 saturated carbocycles. The maximum Gasteiger partial charge on any atom is 0.337 e. The largest absolute Gasteiger partial charge is 0.465 e. The van der Waals surface area contributed by atoms with Gasteiger partial charge in [0.15, 0.2) is 5.69 Å². The molecule has 0 aliphatic heterocycles. The molecule has 0 aliphatic rings. The smallest absolute Gasteiger partial charge is 0.337 e. The van der Waals surface area contributed by atoms with Crippen LogP contribution in [0.25, 0.3) is 0 Å². The number of anilines is 1. The molecule has 1 N–H and O–H groups in total. The topological polar surface area (TPSA) is 101 Å². The Morgan fingerprint density at radius 2 is 2.25 bits per heavy atom. The molecule has 7 heteroatoms. The number of nitrogens with zero attached hydrogens (tertiary/aromatic N) is 4. The molecule has 2 rings (SSSR count). The van der Waals surface area contributed by atoms with Crippen molar-refractivity contribution in [2.45, 2.75) is 6.54 Å². The highest BCUT2D eigenvalue weighted by Crippen LogP contribution is 2.06. The van der Waals surface area contributed by atoms with Crippen molar-refractivity contribution in [1.82, 2.24) is 15.0 Å². The van der Waals surface area contributed by atoms with Gasteiger partial charge < -0.3 is 10.1 Å². The SMILES string of the molecule is COC(=O)c1ccnc(CNc2cnc(C#N)cn2)c1. The van der Waals surface area contributed by atoms with Crippen molar-refractivity contribution < 1.29 is 9.53 Å². The summed E-state index contributed by atoms with van der Waals surface area (Å²) < 4.78 is 4.64. The Kier molecular flexibility index (Phi) is 4.19. The number of nitrogens with one attached hydrogen (secondary N) is 1. The Labute approximate surface area is 115 Å². The molecule has 0 atom stereocenters. The van der Waals surface area contributed by atoms with Crippen LogP contribution in [0.1, 0.15) is 21.7 Å². The molecule has 100 valence electrons. The highest BCUT2D eigenvalue weighted by atomic mass is 16.5. The lowest BCUT2D eigenvalue weighted by Gasteiger charge is -2.05. The number of carbonyl (C=O) groups excluding carboxylic acids is 1. The van der Waals surface area contributed by atoms with E-state index in [0.29, 0.717) is 23.6 Å². The predicted octanol–water partition coefficient (Wildman–Crippen LogP) is 1.14. The zero-order chi connectivity index (χ0) is 14.4. The zero-order valence-electron chi connectivity index (χ0n) is 10.7. The zero-order valence-corrected chi connectivity index (χ0v) is 10.7. The summed E-state index contributed by atoms with van der Waals surface area (Å²) in [5.41, 5.74) is 1.35. The van der Waals surface area contributed by atoms with Crippen LogP contribution in [-0.2, 0) is 11.3 Å². The molecule has 0 saturated heterocycles. The summed E-state index contributed by atoms with van der Waals surface area (Å²) in [6.07, 6.45) is 4.37. The van der Waals surface area contributed by atoms with Gasteiger partial charge in [-0.05, 0) is 12.1 Å². The summed E-state index contributed by atoms with van der Waals surface area (Å²) >= 11 is 0. The third kappa shape index (κ3) is 3.26. The monoisotopic (exact) mass is 269 g/mol. The molecule has 7 nitrogen and oxygen atoms in total. The number of aromatic nitrogens is 3. The van der Waals surface area contributed by atoms with Crippen molar-refractivity contribution in [3.8, 4) is 6.07 Å². The van der Waals surface area contributed by atoms with E-state index in [1.54, 1.807) is 12.1 Å². The van der Waals surface area contributed by atoms with Gasteiger partial charge in [-0.25, -0.2) is 14.8 Å². The van der Waals surface area contributed by atoms with Gasteiger partial charge in [-0.3, -0.25) is 4.98 Å². The van der Waals surface area contributed by atoms with Gasteiger partial charge >= 0.3 is 5.97 Å². The summed E-state index contributed by atoms with van der Waals surface area (Å²) in [6.45, 7) is 0.380. The summed E-state index contributed by atoms with van der Waals surface area (Å²) in [6, 6.07) is 5.10. The molecule has 20 heavy (non-hydrogen) atoms. The molecular formula is C13H11N5O2. The number of hydrogen-bond donors (Lipinski definition) is 1. The van der Waals surface area contributed by atoms with E-state index in [1.165, 1.54) is 25.7 Å². The summed E-state index contributed by atoms with van der Waals surface area (Å²) in [7, 11) is 1.33. The van der Waals surface area contributed by atoms with E-state index in [0.717, 1.165) is 0 Å². The number of nitriles is 1. The predicted molar refractivity (Wildman–Crippen MR) is 69.7 cm³/mol. The summed E-state index contributed by atoms with van der Waals surface area (Å²) in [5.74, 6) is 0.112. The van der Waals surface area contributed by atoms with Gasteiger partial charge in [0.25, 0.3) is 0 Å². The molecular weight excluding hydrogens is 258 g/mol. The summed E-state index contributed by atoms with van der Waals surface area (Å²) in [4.78, 5) is 23.4. The highest BCUT2D eigenvalue weighted by molar-refractivity contribution is 5.89. The minimum Gasteiger partial charge on any atom is -0.465 e. The lowest BCUT2D eigenvalue weighted by atomic mass is 10.2. The van der Waals surface area contributed by atoms with E-state index in [1.807, 2.05) is 6.07 Å². The molecule has 0 aliphatic carbocycles. The van der Waals surface area contributed by atoms with Crippen LogP contribution in [0.2, 0.25) is 0 Å². The van der Waals surface area contributed by atoms with Crippen LogP contribution < -0.4 is 5.32 Å². The second-order valence-electron chi connectivity index (χ2n) is 3.78. The maximum absolute atomic E-state index is 11.4. The number of esters is 1. The van der Waals surface area contributed by atoms with Gasteiger partial charge in [0.1, 0.15) is 11.9 Å². The van der Waals surface area contributed by atoms with Crippen LogP contribution in [0, 0.1) is 11.3 Å². The van der Waals surface area contributed by atoms with Crippen molar-refractivity contribution in [3.63, 3.8) is 0 Å². The normalized spacial score (nSPS) is 9.60. The van der Waals surface area contributed by atoms with Gasteiger partial charge in [0.2, 0.25) is 0 Å². The average Bonchev–Trinajstić information content (AvgIpc) is 2.53. The maximum atomic E-state index is 11.4. The average molecular weight is 269 g/mol. The Bertz CT molecular complexity index is 649. The first-order valence-electron chi connectivity index (χ1n) is 5.72. The molecule has 0 amide bonds. The fourth-order valence-electron chi connectivity index (χ4n) is 1.48. The van der Waals surface area contributed by atoms with E-state index in [9.17, 15) is 4.79 Å². The highest BCUT2D eigenvalue weighted by Gasteiger charge is 2.06. The van der Waals surface area contributed by atoms with Gasteiger partial charge in [-0.2, -0.15) is 5.26 Å². The number of ether oxygens (including phenoxy) is 1. The molecule has 0 aromatic carbocycles. The molecule has 0 unspecified atom stereocenters. The number of rotatable bonds is 4. The van der Waals surface area contributed by atoms with Crippen LogP contribution in [0.15, 0.2) is 30.7 Å². The second-order valence-corrected chi connectivity index (χ2v) is 3.78.